The van der Waals surface area contributed by atoms with Crippen LogP contribution in [0.15, 0.2) is 42.5 Å². The summed E-state index contributed by atoms with van der Waals surface area (Å²) in [5.74, 6) is -1.02. The lowest BCUT2D eigenvalue weighted by atomic mass is 10.0. The number of ketones is 1. The molecule has 0 heterocycles. The second-order valence-corrected chi connectivity index (χ2v) is 6.45. The molecule has 0 atom stereocenters. The molecular weight excluding hydrogens is 390 g/mol. The maximum absolute atomic E-state index is 14.0. The average molecular weight is 411 g/mol. The summed E-state index contributed by atoms with van der Waals surface area (Å²) < 4.78 is 63.6. The lowest BCUT2D eigenvalue weighted by Gasteiger charge is -2.15. The molecule has 8 heteroatoms. The van der Waals surface area contributed by atoms with Crippen LogP contribution in [0.1, 0.15) is 21.5 Å². The minimum atomic E-state index is -4.61. The van der Waals surface area contributed by atoms with Crippen LogP contribution >= 0.6 is 0 Å². The lowest BCUT2D eigenvalue weighted by Crippen LogP contribution is -2.20. The van der Waals surface area contributed by atoms with Crippen LogP contribution in [0, 0.1) is 5.82 Å². The number of carbonyl (C=O) groups excluding carboxylic acids is 1. The first-order chi connectivity index (χ1) is 13.6. The molecule has 0 saturated carbocycles. The van der Waals surface area contributed by atoms with Crippen molar-refractivity contribution < 1.29 is 31.8 Å². The molecule has 2 rings (SSSR count). The largest absolute Gasteiger partial charge is 0.497 e. The molecule has 0 unspecified atom stereocenters. The molecule has 0 aliphatic carbocycles. The van der Waals surface area contributed by atoms with E-state index in [1.165, 1.54) is 25.3 Å². The number of allylic oxidation sites excluding steroid dienone is 1. The predicted octanol–water partition coefficient (Wildman–Crippen LogP) is 4.69. The normalized spacial score (nSPS) is 11.9. The molecule has 0 saturated heterocycles. The fourth-order valence-electron chi connectivity index (χ4n) is 2.39. The van der Waals surface area contributed by atoms with Crippen LogP contribution in [-0.4, -0.2) is 45.0 Å². The minimum Gasteiger partial charge on any atom is -0.497 e. The summed E-state index contributed by atoms with van der Waals surface area (Å²) in [4.78, 5) is 14.4. The number of ether oxygens (including phenoxy) is 2. The van der Waals surface area contributed by atoms with Gasteiger partial charge in [0.25, 0.3) is 0 Å². The van der Waals surface area contributed by atoms with Crippen molar-refractivity contribution >= 4 is 11.9 Å². The van der Waals surface area contributed by atoms with Crippen LogP contribution in [0.5, 0.6) is 11.5 Å². The van der Waals surface area contributed by atoms with Gasteiger partial charge in [-0.1, -0.05) is 0 Å². The fraction of sp³-hybridized carbons (Fsp3) is 0.286. The number of nitrogens with zero attached hydrogens (tertiary/aromatic N) is 1. The molecule has 0 fully saturated rings. The van der Waals surface area contributed by atoms with Crippen molar-refractivity contribution in [2.75, 3.05) is 34.4 Å². The van der Waals surface area contributed by atoms with Gasteiger partial charge in [-0.05, 0) is 56.6 Å². The van der Waals surface area contributed by atoms with E-state index < -0.39 is 23.3 Å². The van der Waals surface area contributed by atoms with Crippen molar-refractivity contribution in [3.63, 3.8) is 0 Å². The van der Waals surface area contributed by atoms with E-state index in [9.17, 15) is 22.4 Å². The Bertz CT molecular complexity index is 892. The quantitative estimate of drug-likeness (QED) is 0.359. The SMILES string of the molecule is COc1ccc(/C=C/C(=O)c2cc(C(F)(F)F)ccc2OCCN(C)C)c(F)c1. The van der Waals surface area contributed by atoms with Gasteiger partial charge >= 0.3 is 6.18 Å². The number of hydrogen-bond acceptors (Lipinski definition) is 4. The van der Waals surface area contributed by atoms with Crippen molar-refractivity contribution in [2.45, 2.75) is 6.18 Å². The summed E-state index contributed by atoms with van der Waals surface area (Å²) in [6, 6.07) is 6.76. The minimum absolute atomic E-state index is 0.0321. The summed E-state index contributed by atoms with van der Waals surface area (Å²) in [5, 5.41) is 0. The molecule has 0 bridgehead atoms. The summed E-state index contributed by atoms with van der Waals surface area (Å²) in [7, 11) is 5.02. The van der Waals surface area contributed by atoms with Gasteiger partial charge in [0.05, 0.1) is 18.2 Å². The molecule has 156 valence electrons. The molecule has 0 aliphatic rings. The van der Waals surface area contributed by atoms with Gasteiger partial charge in [-0.2, -0.15) is 13.2 Å². The highest BCUT2D eigenvalue weighted by Gasteiger charge is 2.31. The van der Waals surface area contributed by atoms with Crippen LogP contribution in [-0.2, 0) is 6.18 Å². The van der Waals surface area contributed by atoms with Gasteiger partial charge in [-0.25, -0.2) is 4.39 Å². The molecule has 0 amide bonds. The second kappa shape index (κ2) is 9.56. The fourth-order valence-corrected chi connectivity index (χ4v) is 2.39. The molecule has 0 N–H and O–H groups in total. The Balaban J connectivity index is 2.32. The van der Waals surface area contributed by atoms with E-state index in [0.717, 1.165) is 30.3 Å². The summed E-state index contributed by atoms with van der Waals surface area (Å²) in [5.41, 5.74) is -1.12. The molecule has 0 aromatic heterocycles. The van der Waals surface area contributed by atoms with E-state index in [1.54, 1.807) is 0 Å². The highest BCUT2D eigenvalue weighted by atomic mass is 19.4. The smallest absolute Gasteiger partial charge is 0.416 e. The van der Waals surface area contributed by atoms with E-state index in [4.69, 9.17) is 9.47 Å². The molecule has 2 aromatic carbocycles. The first-order valence-electron chi connectivity index (χ1n) is 8.66. The number of benzene rings is 2. The van der Waals surface area contributed by atoms with E-state index in [1.807, 2.05) is 19.0 Å². The van der Waals surface area contributed by atoms with Gasteiger partial charge in [0.15, 0.2) is 5.78 Å². The predicted molar refractivity (Wildman–Crippen MR) is 102 cm³/mol. The zero-order valence-electron chi connectivity index (χ0n) is 16.2. The molecule has 2 aromatic rings. The maximum atomic E-state index is 14.0. The maximum Gasteiger partial charge on any atom is 0.416 e. The number of carbonyl (C=O) groups is 1. The highest BCUT2D eigenvalue weighted by Crippen LogP contribution is 2.33. The summed E-state index contributed by atoms with van der Waals surface area (Å²) >= 11 is 0. The molecule has 0 aliphatic heterocycles. The third kappa shape index (κ3) is 6.32. The second-order valence-electron chi connectivity index (χ2n) is 6.45. The van der Waals surface area contributed by atoms with Crippen molar-refractivity contribution in [2.24, 2.45) is 0 Å². The number of halogens is 4. The first-order valence-corrected chi connectivity index (χ1v) is 8.66. The topological polar surface area (TPSA) is 38.8 Å². The van der Waals surface area contributed by atoms with Crippen molar-refractivity contribution in [3.8, 4) is 11.5 Å². The van der Waals surface area contributed by atoms with Crippen molar-refractivity contribution in [1.29, 1.82) is 0 Å². The molecule has 29 heavy (non-hydrogen) atoms. The van der Waals surface area contributed by atoms with Crippen LogP contribution in [0.2, 0.25) is 0 Å². The van der Waals surface area contributed by atoms with E-state index in [0.29, 0.717) is 12.3 Å². The van der Waals surface area contributed by atoms with Gasteiger partial charge in [-0.3, -0.25) is 4.79 Å². The van der Waals surface area contributed by atoms with Crippen LogP contribution in [0.25, 0.3) is 6.08 Å². The Morgan fingerprint density at radius 3 is 2.45 bits per heavy atom. The molecular formula is C21H21F4NO3. The van der Waals surface area contributed by atoms with Crippen molar-refractivity contribution in [1.82, 2.24) is 4.90 Å². The monoisotopic (exact) mass is 411 g/mol. The molecule has 4 nitrogen and oxygen atoms in total. The van der Waals surface area contributed by atoms with E-state index in [-0.39, 0.29) is 23.5 Å². The zero-order chi connectivity index (χ0) is 21.6. The number of likely N-dealkylation sites (N-methyl/N-ethyl adjacent to an activating group) is 1. The Morgan fingerprint density at radius 2 is 1.86 bits per heavy atom. The van der Waals surface area contributed by atoms with Gasteiger partial charge in [0.1, 0.15) is 23.9 Å². The number of rotatable bonds is 8. The summed E-state index contributed by atoms with van der Waals surface area (Å²) in [6.07, 6.45) is -2.40. The number of methoxy groups -OCH3 is 1. The number of alkyl halides is 3. The Hall–Kier alpha value is -2.87. The summed E-state index contributed by atoms with van der Waals surface area (Å²) in [6.45, 7) is 0.705. The Morgan fingerprint density at radius 1 is 1.14 bits per heavy atom. The van der Waals surface area contributed by atoms with E-state index in [2.05, 4.69) is 0 Å². The lowest BCUT2D eigenvalue weighted by molar-refractivity contribution is -0.137. The van der Waals surface area contributed by atoms with E-state index >= 15 is 0 Å². The van der Waals surface area contributed by atoms with Gasteiger partial charge in [0, 0.05) is 18.2 Å². The van der Waals surface area contributed by atoms with Crippen LogP contribution < -0.4 is 9.47 Å². The molecule has 0 radical (unpaired) electrons. The van der Waals surface area contributed by atoms with Gasteiger partial charge in [0.2, 0.25) is 0 Å². The highest BCUT2D eigenvalue weighted by molar-refractivity contribution is 6.08. The zero-order valence-corrected chi connectivity index (χ0v) is 16.2. The third-order valence-corrected chi connectivity index (χ3v) is 3.99. The standard InChI is InChI=1S/C21H21F4NO3/c1-26(2)10-11-29-20-9-6-15(21(23,24)25)12-17(20)19(27)8-5-14-4-7-16(28-3)13-18(14)22/h4-9,12-13H,10-11H2,1-3H3/b8-5+. The van der Waals surface area contributed by atoms with Crippen LogP contribution in [0.4, 0.5) is 17.6 Å². The third-order valence-electron chi connectivity index (χ3n) is 3.99. The first kappa shape index (κ1) is 22.4. The average Bonchev–Trinajstić information content (AvgIpc) is 2.65. The van der Waals surface area contributed by atoms with Crippen LogP contribution in [0.3, 0.4) is 0 Å². The molecule has 0 spiro atoms. The van der Waals surface area contributed by atoms with Crippen molar-refractivity contribution in [3.05, 3.63) is 65.0 Å². The van der Waals surface area contributed by atoms with Gasteiger partial charge in [-0.15, -0.1) is 0 Å². The number of hydrogen-bond donors (Lipinski definition) is 0. The Kier molecular flexibility index (Phi) is 7.39. The Labute approximate surface area is 166 Å². The van der Waals surface area contributed by atoms with Gasteiger partial charge < -0.3 is 14.4 Å².